The molecule has 0 amide bonds. The van der Waals surface area contributed by atoms with Crippen molar-refractivity contribution in [3.05, 3.63) is 0 Å². The molecule has 0 saturated carbocycles. The summed E-state index contributed by atoms with van der Waals surface area (Å²) in [6.45, 7) is 9.05. The van der Waals surface area contributed by atoms with Crippen molar-refractivity contribution in [3.63, 3.8) is 0 Å². The van der Waals surface area contributed by atoms with Gasteiger partial charge in [0.1, 0.15) is 0 Å². The third-order valence-electron chi connectivity index (χ3n) is 2.26. The fraction of sp³-hybridized carbons (Fsp3) is 1.00. The van der Waals surface area contributed by atoms with Crippen LogP contribution in [-0.2, 0) is 0 Å². The van der Waals surface area contributed by atoms with Crippen molar-refractivity contribution in [3.8, 4) is 0 Å². The number of rotatable bonds is 6. The predicted molar refractivity (Wildman–Crippen MR) is 55.5 cm³/mol. The van der Waals surface area contributed by atoms with Crippen LogP contribution >= 0.6 is 12.6 Å². The molecule has 0 aliphatic rings. The predicted octanol–water partition coefficient (Wildman–Crippen LogP) is 2.43. The lowest BCUT2D eigenvalue weighted by Crippen LogP contribution is -2.34. The highest BCUT2D eigenvalue weighted by Gasteiger charge is 2.11. The zero-order valence-electron chi connectivity index (χ0n) is 8.01. The highest BCUT2D eigenvalue weighted by atomic mass is 32.1. The normalized spacial score (nSPS) is 13.9. The molecule has 0 aliphatic heterocycles. The molecule has 1 unspecified atom stereocenters. The summed E-state index contributed by atoms with van der Waals surface area (Å²) in [5.74, 6) is 1.01. The molecule has 1 nitrogen and oxygen atoms in total. The summed E-state index contributed by atoms with van der Waals surface area (Å²) < 4.78 is 0. The maximum atomic E-state index is 4.26. The summed E-state index contributed by atoms with van der Waals surface area (Å²) in [6.07, 6.45) is 2.48. The quantitative estimate of drug-likeness (QED) is 0.607. The standard InChI is InChI=1S/C9H21NS/c1-4-9(7-8-11)10(5-2)6-3/h9,11H,4-8H2,1-3H3. The smallest absolute Gasteiger partial charge is 0.0100 e. The molecule has 0 N–H and O–H groups in total. The molecule has 0 rings (SSSR count). The summed E-state index contributed by atoms with van der Waals surface area (Å²) in [4.78, 5) is 2.51. The van der Waals surface area contributed by atoms with Crippen LogP contribution in [0, 0.1) is 0 Å². The Labute approximate surface area is 76.6 Å². The number of thiol groups is 1. The minimum Gasteiger partial charge on any atom is -0.301 e. The van der Waals surface area contributed by atoms with Crippen LogP contribution < -0.4 is 0 Å². The van der Waals surface area contributed by atoms with Crippen molar-refractivity contribution in [2.45, 2.75) is 39.7 Å². The van der Waals surface area contributed by atoms with Gasteiger partial charge in [-0.15, -0.1) is 0 Å². The first-order valence-electron chi connectivity index (χ1n) is 4.64. The van der Waals surface area contributed by atoms with E-state index in [1.165, 1.54) is 25.9 Å². The van der Waals surface area contributed by atoms with Gasteiger partial charge < -0.3 is 4.90 Å². The second-order valence-corrected chi connectivity index (χ2v) is 3.24. The monoisotopic (exact) mass is 175 g/mol. The average molecular weight is 175 g/mol. The van der Waals surface area contributed by atoms with Crippen LogP contribution in [0.4, 0.5) is 0 Å². The van der Waals surface area contributed by atoms with Crippen LogP contribution in [0.1, 0.15) is 33.6 Å². The van der Waals surface area contributed by atoms with E-state index in [1.807, 2.05) is 0 Å². The lowest BCUT2D eigenvalue weighted by Gasteiger charge is -2.28. The van der Waals surface area contributed by atoms with Gasteiger partial charge in [-0.25, -0.2) is 0 Å². The first-order chi connectivity index (χ1) is 5.29. The van der Waals surface area contributed by atoms with Gasteiger partial charge in [-0.3, -0.25) is 0 Å². The minimum absolute atomic E-state index is 0.752. The van der Waals surface area contributed by atoms with Gasteiger partial charge in [-0.2, -0.15) is 12.6 Å². The fourth-order valence-corrected chi connectivity index (χ4v) is 1.83. The van der Waals surface area contributed by atoms with E-state index in [9.17, 15) is 0 Å². The summed E-state index contributed by atoms with van der Waals surface area (Å²) >= 11 is 4.26. The highest BCUT2D eigenvalue weighted by Crippen LogP contribution is 2.08. The Balaban J connectivity index is 3.76. The van der Waals surface area contributed by atoms with Gasteiger partial charge in [0.15, 0.2) is 0 Å². The van der Waals surface area contributed by atoms with Crippen molar-refractivity contribution in [1.29, 1.82) is 0 Å². The average Bonchev–Trinajstić information content (AvgIpc) is 2.05. The third kappa shape index (κ3) is 4.02. The summed E-state index contributed by atoms with van der Waals surface area (Å²) in [6, 6.07) is 0.752. The largest absolute Gasteiger partial charge is 0.301 e. The van der Waals surface area contributed by atoms with Crippen molar-refractivity contribution < 1.29 is 0 Å². The summed E-state index contributed by atoms with van der Waals surface area (Å²) in [5.41, 5.74) is 0. The van der Waals surface area contributed by atoms with Crippen molar-refractivity contribution >= 4 is 12.6 Å². The van der Waals surface area contributed by atoms with E-state index in [-0.39, 0.29) is 0 Å². The van der Waals surface area contributed by atoms with Gasteiger partial charge in [0.05, 0.1) is 0 Å². The molecule has 2 heteroatoms. The Bertz CT molecular complexity index is 81.6. The van der Waals surface area contributed by atoms with Crippen LogP contribution in [-0.4, -0.2) is 29.8 Å². The molecule has 0 aromatic rings. The summed E-state index contributed by atoms with van der Waals surface area (Å²) in [7, 11) is 0. The van der Waals surface area contributed by atoms with Crippen molar-refractivity contribution in [2.75, 3.05) is 18.8 Å². The topological polar surface area (TPSA) is 3.24 Å². The second kappa shape index (κ2) is 6.99. The lowest BCUT2D eigenvalue weighted by molar-refractivity contribution is 0.207. The Morgan fingerprint density at radius 3 is 2.00 bits per heavy atom. The first-order valence-corrected chi connectivity index (χ1v) is 5.28. The molecule has 0 radical (unpaired) electrons. The molecule has 68 valence electrons. The van der Waals surface area contributed by atoms with Crippen molar-refractivity contribution in [1.82, 2.24) is 4.90 Å². The van der Waals surface area contributed by atoms with Crippen LogP contribution in [0.5, 0.6) is 0 Å². The Hall–Kier alpha value is 0.310. The van der Waals surface area contributed by atoms with Gasteiger partial charge in [0, 0.05) is 6.04 Å². The number of hydrogen-bond acceptors (Lipinski definition) is 2. The van der Waals surface area contributed by atoms with Gasteiger partial charge in [0.2, 0.25) is 0 Å². The Morgan fingerprint density at radius 2 is 1.73 bits per heavy atom. The van der Waals surface area contributed by atoms with E-state index >= 15 is 0 Å². The van der Waals surface area contributed by atoms with E-state index in [4.69, 9.17) is 0 Å². The van der Waals surface area contributed by atoms with Crippen LogP contribution in [0.2, 0.25) is 0 Å². The maximum absolute atomic E-state index is 4.26. The minimum atomic E-state index is 0.752. The zero-order chi connectivity index (χ0) is 8.69. The number of nitrogens with zero attached hydrogens (tertiary/aromatic N) is 1. The van der Waals surface area contributed by atoms with Crippen LogP contribution in [0.25, 0.3) is 0 Å². The molecule has 0 aromatic carbocycles. The van der Waals surface area contributed by atoms with Crippen LogP contribution in [0.3, 0.4) is 0 Å². The van der Waals surface area contributed by atoms with Gasteiger partial charge in [0.25, 0.3) is 0 Å². The first kappa shape index (κ1) is 11.3. The van der Waals surface area contributed by atoms with Gasteiger partial charge in [-0.05, 0) is 31.7 Å². The molecular weight excluding hydrogens is 154 g/mol. The van der Waals surface area contributed by atoms with Crippen LogP contribution in [0.15, 0.2) is 0 Å². The van der Waals surface area contributed by atoms with Crippen molar-refractivity contribution in [2.24, 2.45) is 0 Å². The highest BCUT2D eigenvalue weighted by molar-refractivity contribution is 7.80. The van der Waals surface area contributed by atoms with Gasteiger partial charge in [-0.1, -0.05) is 20.8 Å². The lowest BCUT2D eigenvalue weighted by atomic mass is 10.1. The maximum Gasteiger partial charge on any atom is 0.0100 e. The Morgan fingerprint density at radius 1 is 1.18 bits per heavy atom. The Kier molecular flexibility index (Phi) is 7.18. The van der Waals surface area contributed by atoms with E-state index in [1.54, 1.807) is 0 Å². The third-order valence-corrected chi connectivity index (χ3v) is 2.52. The molecule has 0 fully saturated rings. The van der Waals surface area contributed by atoms with E-state index in [0.29, 0.717) is 0 Å². The van der Waals surface area contributed by atoms with Gasteiger partial charge >= 0.3 is 0 Å². The van der Waals surface area contributed by atoms with E-state index < -0.39 is 0 Å². The fourth-order valence-electron chi connectivity index (χ4n) is 1.53. The summed E-state index contributed by atoms with van der Waals surface area (Å²) in [5, 5.41) is 0. The molecule has 1 atom stereocenters. The molecule has 0 heterocycles. The number of hydrogen-bond donors (Lipinski definition) is 1. The SMILES string of the molecule is CCC(CCS)N(CC)CC. The van der Waals surface area contributed by atoms with E-state index in [2.05, 4.69) is 38.3 Å². The molecule has 0 aliphatic carbocycles. The molecule has 11 heavy (non-hydrogen) atoms. The molecule has 0 aromatic heterocycles. The molecular formula is C9H21NS. The van der Waals surface area contributed by atoms with E-state index in [0.717, 1.165) is 11.8 Å². The molecule has 0 spiro atoms. The molecule has 0 saturated heterocycles. The zero-order valence-corrected chi connectivity index (χ0v) is 8.90. The second-order valence-electron chi connectivity index (χ2n) is 2.80. The molecule has 0 bridgehead atoms.